The van der Waals surface area contributed by atoms with E-state index in [9.17, 15) is 0 Å². The van der Waals surface area contributed by atoms with Crippen molar-refractivity contribution in [1.82, 2.24) is 9.97 Å². The highest BCUT2D eigenvalue weighted by Gasteiger charge is 2.28. The molecule has 0 radical (unpaired) electrons. The molecule has 0 saturated heterocycles. The molecule has 0 aliphatic carbocycles. The van der Waals surface area contributed by atoms with Crippen LogP contribution in [0.3, 0.4) is 0 Å². The maximum absolute atomic E-state index is 4.25. The Bertz CT molecular complexity index is 1260. The van der Waals surface area contributed by atoms with Gasteiger partial charge in [-0.3, -0.25) is 9.97 Å². The van der Waals surface area contributed by atoms with Crippen LogP contribution in [-0.4, -0.2) is 9.97 Å². The van der Waals surface area contributed by atoms with E-state index in [0.717, 1.165) is 16.9 Å². The number of aromatic nitrogens is 2. The summed E-state index contributed by atoms with van der Waals surface area (Å²) < 4.78 is 0. The Kier molecular flexibility index (Phi) is 5.39. The van der Waals surface area contributed by atoms with Gasteiger partial charge in [0.05, 0.1) is 6.04 Å². The van der Waals surface area contributed by atoms with Gasteiger partial charge in [-0.1, -0.05) is 59.7 Å². The second-order valence-corrected chi connectivity index (χ2v) is 8.18. The van der Waals surface area contributed by atoms with Crippen molar-refractivity contribution < 1.29 is 0 Å². The quantitative estimate of drug-likeness (QED) is 0.368. The van der Waals surface area contributed by atoms with E-state index in [-0.39, 0.29) is 6.04 Å². The molecular formula is C29H25N3. The molecule has 3 heterocycles. The Hall–Kier alpha value is -3.98. The Labute approximate surface area is 189 Å². The van der Waals surface area contributed by atoms with Crippen molar-refractivity contribution in [2.75, 3.05) is 4.90 Å². The van der Waals surface area contributed by atoms with Crippen molar-refractivity contribution in [2.24, 2.45) is 0 Å². The molecular weight excluding hydrogens is 390 g/mol. The molecule has 2 aromatic heterocycles. The van der Waals surface area contributed by atoms with Crippen LogP contribution in [0, 0.1) is 13.8 Å². The third-order valence-electron chi connectivity index (χ3n) is 5.89. The van der Waals surface area contributed by atoms with Crippen molar-refractivity contribution in [1.29, 1.82) is 0 Å². The lowest BCUT2D eigenvalue weighted by atomic mass is 9.91. The minimum absolute atomic E-state index is 0.0440. The van der Waals surface area contributed by atoms with E-state index in [4.69, 9.17) is 0 Å². The number of aryl methyl sites for hydroxylation is 2. The fourth-order valence-corrected chi connectivity index (χ4v) is 4.14. The average Bonchev–Trinajstić information content (AvgIpc) is 2.85. The summed E-state index contributed by atoms with van der Waals surface area (Å²) in [5.41, 5.74) is 9.57. The second-order valence-electron chi connectivity index (χ2n) is 8.18. The second kappa shape index (κ2) is 8.64. The van der Waals surface area contributed by atoms with Gasteiger partial charge in [-0.15, -0.1) is 0 Å². The molecule has 0 amide bonds. The van der Waals surface area contributed by atoms with E-state index in [2.05, 4.69) is 114 Å². The van der Waals surface area contributed by atoms with Crippen LogP contribution in [0.4, 0.5) is 5.69 Å². The zero-order valence-corrected chi connectivity index (χ0v) is 18.3. The molecule has 3 heteroatoms. The van der Waals surface area contributed by atoms with Gasteiger partial charge in [0.1, 0.15) is 0 Å². The molecule has 1 unspecified atom stereocenters. The minimum atomic E-state index is 0.0440. The van der Waals surface area contributed by atoms with E-state index in [1.165, 1.54) is 27.8 Å². The van der Waals surface area contributed by atoms with Crippen LogP contribution in [0.25, 0.3) is 11.3 Å². The molecule has 32 heavy (non-hydrogen) atoms. The van der Waals surface area contributed by atoms with Crippen LogP contribution in [0.1, 0.15) is 33.9 Å². The van der Waals surface area contributed by atoms with E-state index in [0.29, 0.717) is 0 Å². The van der Waals surface area contributed by atoms with Crippen LogP contribution < -0.4 is 4.90 Å². The van der Waals surface area contributed by atoms with Gasteiger partial charge in [0.25, 0.3) is 0 Å². The predicted octanol–water partition coefficient (Wildman–Crippen LogP) is 6.78. The third-order valence-corrected chi connectivity index (χ3v) is 5.89. The summed E-state index contributed by atoms with van der Waals surface area (Å²) in [5, 5.41) is 0. The molecule has 0 N–H and O–H groups in total. The molecule has 1 aliphatic heterocycles. The molecule has 2 aromatic carbocycles. The third kappa shape index (κ3) is 3.97. The first-order valence-corrected chi connectivity index (χ1v) is 10.9. The number of nitrogens with zero attached hydrogens (tertiary/aromatic N) is 3. The zero-order valence-electron chi connectivity index (χ0n) is 18.3. The first kappa shape index (κ1) is 20.0. The van der Waals surface area contributed by atoms with Gasteiger partial charge in [0.2, 0.25) is 0 Å². The number of allylic oxidation sites excluding steroid dienone is 2. The van der Waals surface area contributed by atoms with Crippen LogP contribution in [0.2, 0.25) is 0 Å². The van der Waals surface area contributed by atoms with Crippen molar-refractivity contribution in [2.45, 2.75) is 19.9 Å². The number of rotatable bonds is 4. The molecule has 0 saturated carbocycles. The molecule has 156 valence electrons. The fourth-order valence-electron chi connectivity index (χ4n) is 4.14. The number of hydrogen-bond acceptors (Lipinski definition) is 3. The number of anilines is 1. The van der Waals surface area contributed by atoms with Gasteiger partial charge in [0, 0.05) is 36.2 Å². The lowest BCUT2D eigenvalue weighted by molar-refractivity contribution is 0.849. The molecule has 1 atom stereocenters. The van der Waals surface area contributed by atoms with E-state index in [1.54, 1.807) is 0 Å². The SMILES string of the molecule is Cc1ccc(C2=CC(c3ccncc3)=CC(c3ccc(C)cc3)N2c2ccncc2)cc1. The lowest BCUT2D eigenvalue weighted by Crippen LogP contribution is -2.28. The highest BCUT2D eigenvalue weighted by Crippen LogP contribution is 2.42. The van der Waals surface area contributed by atoms with E-state index >= 15 is 0 Å². The van der Waals surface area contributed by atoms with Crippen molar-refractivity contribution >= 4 is 17.0 Å². The van der Waals surface area contributed by atoms with Gasteiger partial charge < -0.3 is 4.90 Å². The molecule has 0 fully saturated rings. The average molecular weight is 416 g/mol. The molecule has 5 rings (SSSR count). The summed E-state index contributed by atoms with van der Waals surface area (Å²) in [7, 11) is 0. The summed E-state index contributed by atoms with van der Waals surface area (Å²) in [4.78, 5) is 10.9. The predicted molar refractivity (Wildman–Crippen MR) is 132 cm³/mol. The van der Waals surface area contributed by atoms with Crippen molar-refractivity contribution in [3.05, 3.63) is 138 Å². The summed E-state index contributed by atoms with van der Waals surface area (Å²) in [6.07, 6.45) is 12.0. The van der Waals surface area contributed by atoms with Crippen LogP contribution >= 0.6 is 0 Å². The maximum Gasteiger partial charge on any atom is 0.0784 e. The first-order valence-electron chi connectivity index (χ1n) is 10.9. The van der Waals surface area contributed by atoms with E-state index in [1.807, 2.05) is 24.8 Å². The van der Waals surface area contributed by atoms with Gasteiger partial charge >= 0.3 is 0 Å². The highest BCUT2D eigenvalue weighted by molar-refractivity contribution is 5.93. The maximum atomic E-state index is 4.25. The van der Waals surface area contributed by atoms with E-state index < -0.39 is 0 Å². The minimum Gasteiger partial charge on any atom is -0.330 e. The molecule has 0 spiro atoms. The number of benzene rings is 2. The van der Waals surface area contributed by atoms with Crippen molar-refractivity contribution in [3.63, 3.8) is 0 Å². The Balaban J connectivity index is 1.73. The van der Waals surface area contributed by atoms with Crippen LogP contribution in [0.5, 0.6) is 0 Å². The summed E-state index contributed by atoms with van der Waals surface area (Å²) >= 11 is 0. The molecule has 3 nitrogen and oxygen atoms in total. The van der Waals surface area contributed by atoms with Gasteiger partial charge in [-0.2, -0.15) is 0 Å². The summed E-state index contributed by atoms with van der Waals surface area (Å²) in [6, 6.07) is 25.9. The first-order chi connectivity index (χ1) is 15.7. The standard InChI is InChI=1S/C29H25N3/c1-21-3-7-24(8-4-21)28-19-26(23-11-15-30-16-12-23)20-29(25-9-5-22(2)6-10-25)32(28)27-13-17-31-18-14-27/h3-20,28H,1-2H3. The molecule has 0 bridgehead atoms. The topological polar surface area (TPSA) is 29.0 Å². The summed E-state index contributed by atoms with van der Waals surface area (Å²) in [6.45, 7) is 4.25. The Morgan fingerprint density at radius 3 is 1.81 bits per heavy atom. The highest BCUT2D eigenvalue weighted by atomic mass is 15.2. The summed E-state index contributed by atoms with van der Waals surface area (Å²) in [5.74, 6) is 0. The van der Waals surface area contributed by atoms with Gasteiger partial charge in [-0.25, -0.2) is 0 Å². The number of hydrogen-bond donors (Lipinski definition) is 0. The van der Waals surface area contributed by atoms with Crippen LogP contribution in [0.15, 0.2) is 110 Å². The molecule has 4 aromatic rings. The van der Waals surface area contributed by atoms with Crippen molar-refractivity contribution in [3.8, 4) is 0 Å². The normalized spacial score (nSPS) is 15.8. The monoisotopic (exact) mass is 415 g/mol. The van der Waals surface area contributed by atoms with Gasteiger partial charge in [-0.05, 0) is 72.5 Å². The Morgan fingerprint density at radius 1 is 0.625 bits per heavy atom. The fraction of sp³-hybridized carbons (Fsp3) is 0.103. The largest absolute Gasteiger partial charge is 0.330 e. The van der Waals surface area contributed by atoms with Crippen LogP contribution in [-0.2, 0) is 0 Å². The van der Waals surface area contributed by atoms with Gasteiger partial charge in [0.15, 0.2) is 0 Å². The molecule has 1 aliphatic rings. The zero-order chi connectivity index (χ0) is 21.9. The lowest BCUT2D eigenvalue weighted by Gasteiger charge is -2.38. The smallest absolute Gasteiger partial charge is 0.0784 e. The number of pyridine rings is 2. The Morgan fingerprint density at radius 2 is 1.19 bits per heavy atom.